The number of furan rings is 1. The predicted molar refractivity (Wildman–Crippen MR) is 74.2 cm³/mol. The smallest absolute Gasteiger partial charge is 0.410 e. The van der Waals surface area contributed by atoms with Crippen LogP contribution in [-0.4, -0.2) is 34.3 Å². The molecule has 0 aromatic carbocycles. The molecular formula is C15H23NO4. The van der Waals surface area contributed by atoms with Crippen LogP contribution in [0, 0.1) is 0 Å². The van der Waals surface area contributed by atoms with Crippen LogP contribution in [0.3, 0.4) is 0 Å². The van der Waals surface area contributed by atoms with Crippen molar-refractivity contribution in [1.29, 1.82) is 0 Å². The van der Waals surface area contributed by atoms with Gasteiger partial charge in [0.2, 0.25) is 0 Å². The molecule has 0 saturated carbocycles. The van der Waals surface area contributed by atoms with Gasteiger partial charge in [-0.15, -0.1) is 0 Å². The van der Waals surface area contributed by atoms with Crippen molar-refractivity contribution in [1.82, 2.24) is 4.90 Å². The first-order valence-electron chi connectivity index (χ1n) is 7.08. The quantitative estimate of drug-likeness (QED) is 0.924. The molecule has 2 rings (SSSR count). The average molecular weight is 281 g/mol. The van der Waals surface area contributed by atoms with E-state index in [2.05, 4.69) is 0 Å². The lowest BCUT2D eigenvalue weighted by atomic mass is 10.1. The van der Waals surface area contributed by atoms with E-state index in [9.17, 15) is 9.90 Å². The van der Waals surface area contributed by atoms with E-state index in [-0.39, 0.29) is 12.1 Å². The highest BCUT2D eigenvalue weighted by atomic mass is 16.6. The van der Waals surface area contributed by atoms with E-state index in [0.717, 1.165) is 12.8 Å². The van der Waals surface area contributed by atoms with Gasteiger partial charge in [-0.2, -0.15) is 0 Å². The molecule has 1 aliphatic rings. The van der Waals surface area contributed by atoms with Crippen molar-refractivity contribution in [3.63, 3.8) is 0 Å². The molecule has 20 heavy (non-hydrogen) atoms. The average Bonchev–Trinajstić information content (AvgIpc) is 2.96. The zero-order valence-corrected chi connectivity index (χ0v) is 12.3. The van der Waals surface area contributed by atoms with Crippen molar-refractivity contribution in [2.24, 2.45) is 0 Å². The number of carbonyl (C=O) groups excluding carboxylic acids is 1. The van der Waals surface area contributed by atoms with E-state index in [1.54, 1.807) is 23.3 Å². The van der Waals surface area contributed by atoms with Crippen LogP contribution in [0.2, 0.25) is 0 Å². The molecule has 0 aliphatic carbocycles. The summed E-state index contributed by atoms with van der Waals surface area (Å²) in [5.74, 6) is 0.543. The Morgan fingerprint density at radius 2 is 2.35 bits per heavy atom. The molecule has 1 saturated heterocycles. The van der Waals surface area contributed by atoms with Crippen molar-refractivity contribution in [2.45, 2.75) is 57.8 Å². The molecule has 1 N–H and O–H groups in total. The Hall–Kier alpha value is -1.49. The topological polar surface area (TPSA) is 62.9 Å². The number of hydrogen-bond acceptors (Lipinski definition) is 4. The number of hydrogen-bond donors (Lipinski definition) is 1. The fourth-order valence-corrected chi connectivity index (χ4v) is 2.50. The van der Waals surface area contributed by atoms with Crippen molar-refractivity contribution in [3.8, 4) is 0 Å². The van der Waals surface area contributed by atoms with Gasteiger partial charge in [-0.1, -0.05) is 0 Å². The third-order valence-electron chi connectivity index (χ3n) is 3.37. The number of likely N-dealkylation sites (tertiary alicyclic amines) is 1. The third-order valence-corrected chi connectivity index (χ3v) is 3.37. The van der Waals surface area contributed by atoms with Crippen LogP contribution in [-0.2, 0) is 4.74 Å². The van der Waals surface area contributed by atoms with Crippen LogP contribution in [0.5, 0.6) is 0 Å². The Morgan fingerprint density at radius 1 is 1.60 bits per heavy atom. The van der Waals surface area contributed by atoms with Gasteiger partial charge in [-0.3, -0.25) is 0 Å². The zero-order chi connectivity index (χ0) is 14.8. The minimum absolute atomic E-state index is 0.00458. The summed E-state index contributed by atoms with van der Waals surface area (Å²) in [6, 6.07) is 3.50. The van der Waals surface area contributed by atoms with E-state index < -0.39 is 11.7 Å². The van der Waals surface area contributed by atoms with E-state index in [0.29, 0.717) is 18.7 Å². The van der Waals surface area contributed by atoms with Gasteiger partial charge >= 0.3 is 6.09 Å². The summed E-state index contributed by atoms with van der Waals surface area (Å²) >= 11 is 0. The summed E-state index contributed by atoms with van der Waals surface area (Å²) in [6.07, 6.45) is 2.86. The molecule has 1 aromatic heterocycles. The van der Waals surface area contributed by atoms with E-state index >= 15 is 0 Å². The molecule has 1 fully saturated rings. The van der Waals surface area contributed by atoms with Crippen molar-refractivity contribution < 1.29 is 19.1 Å². The maximum atomic E-state index is 12.1. The summed E-state index contributed by atoms with van der Waals surface area (Å²) in [5.41, 5.74) is -0.496. The highest BCUT2D eigenvalue weighted by Gasteiger charge is 2.33. The normalized spacial score (nSPS) is 21.0. The molecular weight excluding hydrogens is 258 g/mol. The van der Waals surface area contributed by atoms with E-state index in [1.807, 2.05) is 20.8 Å². The molecule has 2 atom stereocenters. The minimum atomic E-state index is -0.682. The van der Waals surface area contributed by atoms with Gasteiger partial charge in [0.15, 0.2) is 0 Å². The summed E-state index contributed by atoms with van der Waals surface area (Å²) in [7, 11) is 0. The molecule has 0 unspecified atom stereocenters. The molecule has 1 aromatic rings. The van der Waals surface area contributed by atoms with Crippen molar-refractivity contribution in [3.05, 3.63) is 24.2 Å². The molecule has 0 spiro atoms. The lowest BCUT2D eigenvalue weighted by Crippen LogP contribution is -2.40. The van der Waals surface area contributed by atoms with Crippen LogP contribution >= 0.6 is 0 Å². The Bertz CT molecular complexity index is 435. The Balaban J connectivity index is 1.95. The van der Waals surface area contributed by atoms with Gasteiger partial charge in [-0.05, 0) is 45.7 Å². The summed E-state index contributed by atoms with van der Waals surface area (Å²) < 4.78 is 10.6. The summed E-state index contributed by atoms with van der Waals surface area (Å²) in [6.45, 7) is 6.25. The molecule has 112 valence electrons. The molecule has 0 radical (unpaired) electrons. The Morgan fingerprint density at radius 3 is 2.95 bits per heavy atom. The number of nitrogens with zero attached hydrogens (tertiary/aromatic N) is 1. The Labute approximate surface area is 119 Å². The second-order valence-corrected chi connectivity index (χ2v) is 6.24. The largest absolute Gasteiger partial charge is 0.467 e. The highest BCUT2D eigenvalue weighted by Crippen LogP contribution is 2.28. The lowest BCUT2D eigenvalue weighted by molar-refractivity contribution is 0.0168. The second-order valence-electron chi connectivity index (χ2n) is 6.24. The monoisotopic (exact) mass is 281 g/mol. The minimum Gasteiger partial charge on any atom is -0.467 e. The first-order valence-corrected chi connectivity index (χ1v) is 7.08. The van der Waals surface area contributed by atoms with E-state index in [1.165, 1.54) is 0 Å². The van der Waals surface area contributed by atoms with Crippen LogP contribution < -0.4 is 0 Å². The number of aliphatic hydroxyl groups is 1. The first-order chi connectivity index (χ1) is 9.37. The number of rotatable bonds is 3. The third kappa shape index (κ3) is 3.76. The SMILES string of the molecule is CC(C)(C)OC(=O)N1CCC[C@H]1C[C@H](O)c1ccco1. The number of amides is 1. The fourth-order valence-electron chi connectivity index (χ4n) is 2.50. The van der Waals surface area contributed by atoms with Crippen LogP contribution in [0.4, 0.5) is 4.79 Å². The van der Waals surface area contributed by atoms with Gasteiger partial charge in [-0.25, -0.2) is 4.79 Å². The zero-order valence-electron chi connectivity index (χ0n) is 12.3. The number of aliphatic hydroxyl groups excluding tert-OH is 1. The molecule has 1 aliphatic heterocycles. The predicted octanol–water partition coefficient (Wildman–Crippen LogP) is 3.10. The van der Waals surface area contributed by atoms with E-state index in [4.69, 9.17) is 9.15 Å². The molecule has 1 amide bonds. The lowest BCUT2D eigenvalue weighted by Gasteiger charge is -2.29. The number of carbonyl (C=O) groups is 1. The number of ether oxygens (including phenoxy) is 1. The fraction of sp³-hybridized carbons (Fsp3) is 0.667. The van der Waals surface area contributed by atoms with Crippen LogP contribution in [0.25, 0.3) is 0 Å². The van der Waals surface area contributed by atoms with Gasteiger partial charge in [0.25, 0.3) is 0 Å². The standard InChI is InChI=1S/C15H23NO4/c1-15(2,3)20-14(18)16-8-4-6-11(16)10-12(17)13-7-5-9-19-13/h5,7,9,11-12,17H,4,6,8,10H2,1-3H3/t11-,12-/m0/s1. The van der Waals surface area contributed by atoms with Crippen LogP contribution in [0.15, 0.2) is 22.8 Å². The highest BCUT2D eigenvalue weighted by molar-refractivity contribution is 5.68. The molecule has 5 heteroatoms. The van der Waals surface area contributed by atoms with Gasteiger partial charge in [0.05, 0.1) is 6.26 Å². The molecule has 5 nitrogen and oxygen atoms in total. The molecule has 2 heterocycles. The van der Waals surface area contributed by atoms with Gasteiger partial charge in [0.1, 0.15) is 17.5 Å². The maximum Gasteiger partial charge on any atom is 0.410 e. The summed E-state index contributed by atoms with van der Waals surface area (Å²) in [5, 5.41) is 10.1. The Kier molecular flexibility index (Phi) is 4.38. The first kappa shape index (κ1) is 14.9. The van der Waals surface area contributed by atoms with Gasteiger partial charge in [0, 0.05) is 19.0 Å². The van der Waals surface area contributed by atoms with Crippen LogP contribution in [0.1, 0.15) is 51.9 Å². The summed E-state index contributed by atoms with van der Waals surface area (Å²) in [4.78, 5) is 13.9. The van der Waals surface area contributed by atoms with Crippen molar-refractivity contribution in [2.75, 3.05) is 6.54 Å². The van der Waals surface area contributed by atoms with Crippen molar-refractivity contribution >= 4 is 6.09 Å². The maximum absolute atomic E-state index is 12.1. The van der Waals surface area contributed by atoms with Gasteiger partial charge < -0.3 is 19.2 Å². The molecule has 0 bridgehead atoms. The second kappa shape index (κ2) is 5.87.